The highest BCUT2D eigenvalue weighted by Crippen LogP contribution is 2.26. The number of sulfonamides is 1. The summed E-state index contributed by atoms with van der Waals surface area (Å²) < 4.78 is 40.9. The number of nitrogens with zero attached hydrogens (tertiary/aromatic N) is 1. The molecule has 2 aromatic rings. The number of anilines is 2. The van der Waals surface area contributed by atoms with Crippen LogP contribution >= 0.6 is 15.9 Å². The number of hydrogen-bond donors (Lipinski definition) is 2. The first-order chi connectivity index (χ1) is 9.31. The number of hydrogen-bond acceptors (Lipinski definition) is 4. The van der Waals surface area contributed by atoms with Crippen LogP contribution in [0.2, 0.25) is 0 Å². The van der Waals surface area contributed by atoms with E-state index in [-0.39, 0.29) is 11.4 Å². The second-order valence-electron chi connectivity index (χ2n) is 4.10. The predicted octanol–water partition coefficient (Wildman–Crippen LogP) is 2.67. The Bertz CT molecular complexity index is 765. The Morgan fingerprint density at radius 2 is 2.10 bits per heavy atom. The van der Waals surface area contributed by atoms with Gasteiger partial charge in [-0.25, -0.2) is 12.8 Å². The van der Waals surface area contributed by atoms with Gasteiger partial charge in [-0.2, -0.15) is 0 Å². The van der Waals surface area contributed by atoms with Crippen LogP contribution in [0.3, 0.4) is 0 Å². The third-order valence-electron chi connectivity index (χ3n) is 2.63. The van der Waals surface area contributed by atoms with Crippen molar-refractivity contribution in [2.45, 2.75) is 11.8 Å². The van der Waals surface area contributed by atoms with Crippen molar-refractivity contribution in [2.24, 2.45) is 0 Å². The van der Waals surface area contributed by atoms with Gasteiger partial charge < -0.3 is 5.73 Å². The van der Waals surface area contributed by atoms with E-state index < -0.39 is 20.7 Å². The lowest BCUT2D eigenvalue weighted by atomic mass is 10.2. The molecule has 0 aliphatic heterocycles. The van der Waals surface area contributed by atoms with Gasteiger partial charge in [-0.05, 0) is 46.6 Å². The van der Waals surface area contributed by atoms with Crippen molar-refractivity contribution in [3.63, 3.8) is 0 Å². The van der Waals surface area contributed by atoms with E-state index in [1.807, 2.05) is 0 Å². The van der Waals surface area contributed by atoms with Crippen molar-refractivity contribution in [3.8, 4) is 0 Å². The molecule has 0 fully saturated rings. The second-order valence-corrected chi connectivity index (χ2v) is 6.61. The first-order valence-electron chi connectivity index (χ1n) is 5.49. The molecule has 0 bridgehead atoms. The molecule has 20 heavy (non-hydrogen) atoms. The summed E-state index contributed by atoms with van der Waals surface area (Å²) in [4.78, 5) is 3.32. The van der Waals surface area contributed by atoms with Crippen LogP contribution in [0.25, 0.3) is 0 Å². The van der Waals surface area contributed by atoms with Crippen molar-refractivity contribution in [1.29, 1.82) is 0 Å². The highest BCUT2D eigenvalue weighted by molar-refractivity contribution is 9.10. The molecule has 0 unspecified atom stereocenters. The van der Waals surface area contributed by atoms with E-state index in [1.165, 1.54) is 18.5 Å². The fourth-order valence-electron chi connectivity index (χ4n) is 1.53. The minimum atomic E-state index is -4.07. The fourth-order valence-corrected chi connectivity index (χ4v) is 3.19. The molecule has 5 nitrogen and oxygen atoms in total. The van der Waals surface area contributed by atoms with Gasteiger partial charge in [0.2, 0.25) is 0 Å². The smallest absolute Gasteiger partial charge is 0.264 e. The molecule has 0 saturated carbocycles. The first-order valence-corrected chi connectivity index (χ1v) is 7.77. The summed E-state index contributed by atoms with van der Waals surface area (Å²) in [6, 6.07) is 3.64. The highest BCUT2D eigenvalue weighted by atomic mass is 79.9. The highest BCUT2D eigenvalue weighted by Gasteiger charge is 2.21. The zero-order valence-corrected chi connectivity index (χ0v) is 12.8. The molecule has 1 heterocycles. The molecule has 0 spiro atoms. The normalized spacial score (nSPS) is 11.3. The first kappa shape index (κ1) is 14.7. The van der Waals surface area contributed by atoms with E-state index in [9.17, 15) is 12.8 Å². The molecular weight excluding hydrogens is 349 g/mol. The minimum absolute atomic E-state index is 0.209. The lowest BCUT2D eigenvalue weighted by molar-refractivity contribution is 0.570. The number of rotatable bonds is 3. The number of halogens is 2. The Hall–Kier alpha value is -1.67. The van der Waals surface area contributed by atoms with E-state index in [1.54, 1.807) is 6.92 Å². The van der Waals surface area contributed by atoms with Crippen LogP contribution in [0.5, 0.6) is 0 Å². The Balaban J connectivity index is 2.47. The number of nitrogens with one attached hydrogen (secondary N) is 1. The van der Waals surface area contributed by atoms with Crippen molar-refractivity contribution in [3.05, 3.63) is 46.4 Å². The maximum atomic E-state index is 13.8. The zero-order chi connectivity index (χ0) is 14.9. The van der Waals surface area contributed by atoms with Crippen LogP contribution in [0.15, 0.2) is 40.0 Å². The van der Waals surface area contributed by atoms with Crippen molar-refractivity contribution < 1.29 is 12.8 Å². The van der Waals surface area contributed by atoms with Gasteiger partial charge in [0, 0.05) is 18.1 Å². The van der Waals surface area contributed by atoms with E-state index in [4.69, 9.17) is 5.73 Å². The van der Waals surface area contributed by atoms with E-state index in [2.05, 4.69) is 25.6 Å². The van der Waals surface area contributed by atoms with Gasteiger partial charge in [0.15, 0.2) is 0 Å². The quantitative estimate of drug-likeness (QED) is 0.825. The minimum Gasteiger partial charge on any atom is -0.398 e. The van der Waals surface area contributed by atoms with Gasteiger partial charge in [0.05, 0.1) is 10.2 Å². The summed E-state index contributed by atoms with van der Waals surface area (Å²) in [5.41, 5.74) is 6.58. The summed E-state index contributed by atoms with van der Waals surface area (Å²) in [5, 5.41) is 0. The average Bonchev–Trinajstić information content (AvgIpc) is 2.36. The van der Waals surface area contributed by atoms with Crippen LogP contribution in [-0.2, 0) is 10.0 Å². The van der Waals surface area contributed by atoms with Gasteiger partial charge in [-0.1, -0.05) is 0 Å². The Kier molecular flexibility index (Phi) is 3.96. The molecule has 0 radical (unpaired) electrons. The van der Waals surface area contributed by atoms with Crippen molar-refractivity contribution in [2.75, 3.05) is 10.5 Å². The number of aryl methyl sites for hydroxylation is 1. The maximum absolute atomic E-state index is 13.8. The van der Waals surface area contributed by atoms with Crippen molar-refractivity contribution >= 4 is 37.3 Å². The van der Waals surface area contributed by atoms with Crippen LogP contribution in [-0.4, -0.2) is 13.4 Å². The van der Waals surface area contributed by atoms with Crippen LogP contribution in [0, 0.1) is 12.7 Å². The Labute approximate surface area is 124 Å². The van der Waals surface area contributed by atoms with Gasteiger partial charge in [0.25, 0.3) is 10.0 Å². The van der Waals surface area contributed by atoms with Gasteiger partial charge in [0.1, 0.15) is 10.7 Å². The topological polar surface area (TPSA) is 85.1 Å². The molecule has 0 atom stereocenters. The predicted molar refractivity (Wildman–Crippen MR) is 78.3 cm³/mol. The third kappa shape index (κ3) is 2.91. The van der Waals surface area contributed by atoms with Gasteiger partial charge >= 0.3 is 0 Å². The third-order valence-corrected chi connectivity index (χ3v) is 4.64. The summed E-state index contributed by atoms with van der Waals surface area (Å²) in [5.74, 6) is -0.852. The largest absolute Gasteiger partial charge is 0.398 e. The van der Waals surface area contributed by atoms with Gasteiger partial charge in [-0.15, -0.1) is 0 Å². The summed E-state index contributed by atoms with van der Waals surface area (Å²) in [6.45, 7) is 1.60. The zero-order valence-electron chi connectivity index (χ0n) is 10.4. The summed E-state index contributed by atoms with van der Waals surface area (Å²) >= 11 is 3.16. The molecule has 0 amide bonds. The summed E-state index contributed by atoms with van der Waals surface area (Å²) in [6.07, 6.45) is 2.85. The molecule has 1 aromatic heterocycles. The second kappa shape index (κ2) is 5.37. The molecule has 0 aliphatic carbocycles. The molecule has 0 aliphatic rings. The molecular formula is C12H11BrFN3O2S. The van der Waals surface area contributed by atoms with E-state index in [0.717, 1.165) is 12.1 Å². The number of nitrogens with two attached hydrogens (primary N) is 1. The van der Waals surface area contributed by atoms with Crippen LogP contribution < -0.4 is 10.5 Å². The molecule has 8 heteroatoms. The maximum Gasteiger partial charge on any atom is 0.264 e. The van der Waals surface area contributed by atoms with Crippen molar-refractivity contribution in [1.82, 2.24) is 4.98 Å². The Morgan fingerprint density at radius 1 is 1.40 bits per heavy atom. The standard InChI is InChI=1S/C12H11BrFN3O2S/c1-7-4-9(14)12(5-10(7)15)20(18,19)17-11-2-3-16-6-8(11)13/h2-6H,15H2,1H3,(H,16,17). The number of pyridine rings is 1. The number of nitrogen functional groups attached to an aromatic ring is 1. The molecule has 0 saturated heterocycles. The fraction of sp³-hybridized carbons (Fsp3) is 0.0833. The number of aromatic nitrogens is 1. The van der Waals surface area contributed by atoms with Crippen LogP contribution in [0.4, 0.5) is 15.8 Å². The molecule has 1 aromatic carbocycles. The van der Waals surface area contributed by atoms with E-state index >= 15 is 0 Å². The lowest BCUT2D eigenvalue weighted by Crippen LogP contribution is -2.15. The average molecular weight is 360 g/mol. The monoisotopic (exact) mass is 359 g/mol. The molecule has 3 N–H and O–H groups in total. The number of benzene rings is 1. The summed E-state index contributed by atoms with van der Waals surface area (Å²) in [7, 11) is -4.07. The van der Waals surface area contributed by atoms with Crippen LogP contribution in [0.1, 0.15) is 5.56 Å². The SMILES string of the molecule is Cc1cc(F)c(S(=O)(=O)Nc2ccncc2Br)cc1N. The molecule has 2 rings (SSSR count). The molecule has 106 valence electrons. The van der Waals surface area contributed by atoms with E-state index in [0.29, 0.717) is 10.0 Å². The van der Waals surface area contributed by atoms with Gasteiger partial charge in [-0.3, -0.25) is 9.71 Å². The Morgan fingerprint density at radius 3 is 2.75 bits per heavy atom. The lowest BCUT2D eigenvalue weighted by Gasteiger charge is -2.11.